The van der Waals surface area contributed by atoms with Crippen LogP contribution in [0.2, 0.25) is 0 Å². The van der Waals surface area contributed by atoms with Gasteiger partial charge in [-0.3, -0.25) is 0 Å². The third-order valence-electron chi connectivity index (χ3n) is 4.59. The largest absolute Gasteiger partial charge is 0.323 e. The number of rotatable bonds is 4. The van der Waals surface area contributed by atoms with E-state index < -0.39 is 0 Å². The molecule has 7 heteroatoms. The lowest BCUT2D eigenvalue weighted by Crippen LogP contribution is -2.19. The van der Waals surface area contributed by atoms with Crippen molar-refractivity contribution in [3.63, 3.8) is 0 Å². The SMILES string of the molecule is CSc1cccc(NC(=O)Nc2ccc(-c3nnc4n3CCCC4)cc2)c1. The Morgan fingerprint density at radius 3 is 2.67 bits per heavy atom. The quantitative estimate of drug-likeness (QED) is 0.648. The van der Waals surface area contributed by atoms with Gasteiger partial charge >= 0.3 is 6.03 Å². The average Bonchev–Trinajstić information content (AvgIpc) is 3.13. The molecule has 0 saturated carbocycles. The fourth-order valence-corrected chi connectivity index (χ4v) is 3.68. The van der Waals surface area contributed by atoms with Crippen molar-refractivity contribution >= 4 is 29.2 Å². The van der Waals surface area contributed by atoms with Crippen LogP contribution in [0.3, 0.4) is 0 Å². The Labute approximate surface area is 162 Å². The second kappa shape index (κ2) is 7.84. The minimum Gasteiger partial charge on any atom is -0.311 e. The Morgan fingerprint density at radius 2 is 1.85 bits per heavy atom. The predicted molar refractivity (Wildman–Crippen MR) is 109 cm³/mol. The number of benzene rings is 2. The van der Waals surface area contributed by atoms with Gasteiger partial charge in [-0.15, -0.1) is 22.0 Å². The molecular weight excluding hydrogens is 358 g/mol. The highest BCUT2D eigenvalue weighted by atomic mass is 32.2. The molecule has 2 heterocycles. The number of hydrogen-bond acceptors (Lipinski definition) is 4. The normalized spacial score (nSPS) is 13.1. The van der Waals surface area contributed by atoms with Crippen molar-refractivity contribution in [1.29, 1.82) is 0 Å². The van der Waals surface area contributed by atoms with Gasteiger partial charge in [0.05, 0.1) is 0 Å². The number of amides is 2. The van der Waals surface area contributed by atoms with Gasteiger partial charge in [-0.05, 0) is 61.6 Å². The van der Waals surface area contributed by atoms with E-state index in [9.17, 15) is 4.79 Å². The van der Waals surface area contributed by atoms with Crippen LogP contribution >= 0.6 is 11.8 Å². The third kappa shape index (κ3) is 3.98. The number of fused-ring (bicyclic) bond motifs is 1. The first-order chi connectivity index (χ1) is 13.2. The van der Waals surface area contributed by atoms with Gasteiger partial charge in [0.25, 0.3) is 0 Å². The molecule has 0 radical (unpaired) electrons. The van der Waals surface area contributed by atoms with E-state index in [0.29, 0.717) is 0 Å². The standard InChI is InChI=1S/C20H21N5OS/c1-27-17-6-4-5-16(13-17)22-20(26)21-15-10-8-14(9-11-15)19-24-23-18-7-2-3-12-25(18)19/h4-6,8-11,13H,2-3,7,12H2,1H3,(H2,21,22,26). The van der Waals surface area contributed by atoms with Gasteiger partial charge < -0.3 is 15.2 Å². The summed E-state index contributed by atoms with van der Waals surface area (Å²) in [7, 11) is 0. The van der Waals surface area contributed by atoms with Crippen LogP contribution in [-0.2, 0) is 13.0 Å². The molecule has 138 valence electrons. The van der Waals surface area contributed by atoms with Crippen molar-refractivity contribution in [3.8, 4) is 11.4 Å². The summed E-state index contributed by atoms with van der Waals surface area (Å²) in [5, 5.41) is 14.4. The first kappa shape index (κ1) is 17.6. The highest BCUT2D eigenvalue weighted by molar-refractivity contribution is 7.98. The van der Waals surface area contributed by atoms with E-state index in [2.05, 4.69) is 25.4 Å². The van der Waals surface area contributed by atoms with E-state index in [0.717, 1.165) is 52.9 Å². The lowest BCUT2D eigenvalue weighted by molar-refractivity contribution is 0.262. The maximum atomic E-state index is 12.2. The Bertz CT molecular complexity index is 951. The Kier molecular flexibility index (Phi) is 5.11. The fraction of sp³-hybridized carbons (Fsp3) is 0.250. The van der Waals surface area contributed by atoms with E-state index in [1.807, 2.05) is 54.8 Å². The maximum absolute atomic E-state index is 12.2. The molecule has 0 spiro atoms. The fourth-order valence-electron chi connectivity index (χ4n) is 3.22. The lowest BCUT2D eigenvalue weighted by Gasteiger charge is -2.15. The molecule has 0 unspecified atom stereocenters. The van der Waals surface area contributed by atoms with E-state index >= 15 is 0 Å². The molecule has 2 aromatic carbocycles. The number of nitrogens with one attached hydrogen (secondary N) is 2. The summed E-state index contributed by atoms with van der Waals surface area (Å²) in [6.45, 7) is 0.967. The van der Waals surface area contributed by atoms with Gasteiger partial charge in [0.1, 0.15) is 5.82 Å². The number of carbonyl (C=O) groups is 1. The zero-order valence-corrected chi connectivity index (χ0v) is 15.9. The summed E-state index contributed by atoms with van der Waals surface area (Å²) in [5.74, 6) is 1.96. The number of anilines is 2. The first-order valence-electron chi connectivity index (χ1n) is 8.97. The molecule has 4 rings (SSSR count). The number of nitrogens with zero attached hydrogens (tertiary/aromatic N) is 3. The molecular formula is C20H21N5OS. The van der Waals surface area contributed by atoms with E-state index in [1.54, 1.807) is 11.8 Å². The molecule has 0 fully saturated rings. The van der Waals surface area contributed by atoms with Gasteiger partial charge in [-0.25, -0.2) is 4.79 Å². The maximum Gasteiger partial charge on any atom is 0.323 e. The van der Waals surface area contributed by atoms with Crippen LogP contribution in [0.5, 0.6) is 0 Å². The zero-order chi connectivity index (χ0) is 18.6. The minimum atomic E-state index is -0.263. The molecule has 0 atom stereocenters. The Morgan fingerprint density at radius 1 is 1.04 bits per heavy atom. The van der Waals surface area contributed by atoms with E-state index in [-0.39, 0.29) is 6.03 Å². The van der Waals surface area contributed by atoms with Gasteiger partial charge in [0, 0.05) is 34.8 Å². The van der Waals surface area contributed by atoms with Crippen molar-refractivity contribution in [2.45, 2.75) is 30.7 Å². The number of hydrogen-bond donors (Lipinski definition) is 2. The summed E-state index contributed by atoms with van der Waals surface area (Å²) in [4.78, 5) is 13.3. The first-order valence-corrected chi connectivity index (χ1v) is 10.2. The van der Waals surface area contributed by atoms with E-state index in [1.165, 1.54) is 6.42 Å². The van der Waals surface area contributed by atoms with Crippen LogP contribution in [0.4, 0.5) is 16.2 Å². The minimum absolute atomic E-state index is 0.263. The van der Waals surface area contributed by atoms with Crippen molar-refractivity contribution < 1.29 is 4.79 Å². The van der Waals surface area contributed by atoms with Gasteiger partial charge in [0.15, 0.2) is 5.82 Å². The third-order valence-corrected chi connectivity index (χ3v) is 5.31. The number of carbonyl (C=O) groups excluding carboxylic acids is 1. The molecule has 27 heavy (non-hydrogen) atoms. The summed E-state index contributed by atoms with van der Waals surface area (Å²) in [6.07, 6.45) is 5.34. The molecule has 1 aliphatic heterocycles. The van der Waals surface area contributed by atoms with Crippen LogP contribution in [-0.4, -0.2) is 27.1 Å². The molecule has 0 bridgehead atoms. The summed E-state index contributed by atoms with van der Waals surface area (Å²) in [6, 6.07) is 15.2. The number of urea groups is 1. The number of thioether (sulfide) groups is 1. The molecule has 1 aliphatic rings. The molecule has 2 amide bonds. The van der Waals surface area contributed by atoms with Gasteiger partial charge in [0.2, 0.25) is 0 Å². The molecule has 6 nitrogen and oxygen atoms in total. The predicted octanol–water partition coefficient (Wildman–Crippen LogP) is 4.65. The van der Waals surface area contributed by atoms with Crippen LogP contribution in [0.25, 0.3) is 11.4 Å². The lowest BCUT2D eigenvalue weighted by atomic mass is 10.1. The topological polar surface area (TPSA) is 71.8 Å². The monoisotopic (exact) mass is 379 g/mol. The highest BCUT2D eigenvalue weighted by Gasteiger charge is 2.16. The van der Waals surface area contributed by atoms with Crippen molar-refractivity contribution in [2.24, 2.45) is 0 Å². The van der Waals surface area contributed by atoms with Crippen LogP contribution in [0, 0.1) is 0 Å². The Hall–Kier alpha value is -2.80. The van der Waals surface area contributed by atoms with E-state index in [4.69, 9.17) is 0 Å². The number of aryl methyl sites for hydroxylation is 1. The molecule has 0 aliphatic carbocycles. The summed E-state index contributed by atoms with van der Waals surface area (Å²) >= 11 is 1.64. The summed E-state index contributed by atoms with van der Waals surface area (Å²) < 4.78 is 2.19. The van der Waals surface area contributed by atoms with Crippen molar-refractivity contribution in [3.05, 3.63) is 54.4 Å². The molecule has 3 aromatic rings. The second-order valence-corrected chi connectivity index (χ2v) is 7.32. The average molecular weight is 379 g/mol. The van der Waals surface area contributed by atoms with Crippen LogP contribution in [0.15, 0.2) is 53.4 Å². The summed E-state index contributed by atoms with van der Waals surface area (Å²) in [5.41, 5.74) is 2.51. The molecule has 1 aromatic heterocycles. The highest BCUT2D eigenvalue weighted by Crippen LogP contribution is 2.24. The zero-order valence-electron chi connectivity index (χ0n) is 15.1. The van der Waals surface area contributed by atoms with Crippen molar-refractivity contribution in [2.75, 3.05) is 16.9 Å². The van der Waals surface area contributed by atoms with Gasteiger partial charge in [-0.1, -0.05) is 6.07 Å². The smallest absolute Gasteiger partial charge is 0.311 e. The molecule has 2 N–H and O–H groups in total. The second-order valence-electron chi connectivity index (χ2n) is 6.44. The number of aromatic nitrogens is 3. The molecule has 0 saturated heterocycles. The van der Waals surface area contributed by atoms with Gasteiger partial charge in [-0.2, -0.15) is 0 Å². The van der Waals surface area contributed by atoms with Crippen LogP contribution < -0.4 is 10.6 Å². The van der Waals surface area contributed by atoms with Crippen LogP contribution in [0.1, 0.15) is 18.7 Å². The Balaban J connectivity index is 1.43. The van der Waals surface area contributed by atoms with Crippen molar-refractivity contribution in [1.82, 2.24) is 14.8 Å².